The van der Waals surface area contributed by atoms with E-state index in [9.17, 15) is 0 Å². The fraction of sp³-hybridized carbons (Fsp3) is 0.111. The maximum absolute atomic E-state index is 5.88. The Hall–Kier alpha value is -2.88. The molecule has 0 fully saturated rings. The van der Waals surface area contributed by atoms with Gasteiger partial charge in [-0.05, 0) is 25.1 Å². The molecule has 0 saturated heterocycles. The first-order chi connectivity index (χ1) is 10.7. The van der Waals surface area contributed by atoms with Gasteiger partial charge in [-0.1, -0.05) is 35.9 Å². The van der Waals surface area contributed by atoms with Gasteiger partial charge in [0.2, 0.25) is 11.8 Å². The van der Waals surface area contributed by atoms with Crippen molar-refractivity contribution in [3.05, 3.63) is 60.3 Å². The van der Waals surface area contributed by atoms with Crippen molar-refractivity contribution < 1.29 is 4.42 Å². The topological polar surface area (TPSA) is 43.9 Å². The fourth-order valence-corrected chi connectivity index (χ4v) is 2.66. The lowest BCUT2D eigenvalue weighted by Crippen LogP contribution is -1.81. The lowest BCUT2D eigenvalue weighted by molar-refractivity contribution is 0.585. The Morgan fingerprint density at radius 2 is 1.64 bits per heavy atom. The molecule has 22 heavy (non-hydrogen) atoms. The van der Waals surface area contributed by atoms with Gasteiger partial charge in [-0.25, -0.2) is 0 Å². The van der Waals surface area contributed by atoms with Crippen molar-refractivity contribution in [2.24, 2.45) is 7.05 Å². The molecule has 0 aliphatic carbocycles. The van der Waals surface area contributed by atoms with E-state index in [1.54, 1.807) is 0 Å². The second-order valence-electron chi connectivity index (χ2n) is 5.45. The summed E-state index contributed by atoms with van der Waals surface area (Å²) in [6.07, 6.45) is 2.02. The van der Waals surface area contributed by atoms with Gasteiger partial charge in [-0.15, -0.1) is 10.2 Å². The van der Waals surface area contributed by atoms with E-state index in [-0.39, 0.29) is 0 Å². The van der Waals surface area contributed by atoms with Crippen LogP contribution in [0.1, 0.15) is 5.56 Å². The highest BCUT2D eigenvalue weighted by molar-refractivity contribution is 5.94. The number of fused-ring (bicyclic) bond motifs is 1. The van der Waals surface area contributed by atoms with Crippen LogP contribution in [-0.2, 0) is 7.05 Å². The summed E-state index contributed by atoms with van der Waals surface area (Å²) in [6.45, 7) is 2.05. The van der Waals surface area contributed by atoms with Crippen molar-refractivity contribution in [2.45, 2.75) is 6.92 Å². The van der Waals surface area contributed by atoms with E-state index in [0.717, 1.165) is 22.0 Å². The Kier molecular flexibility index (Phi) is 2.82. The Morgan fingerprint density at radius 1 is 0.909 bits per heavy atom. The molecule has 108 valence electrons. The molecule has 0 N–H and O–H groups in total. The molecule has 4 aromatic rings. The minimum Gasteiger partial charge on any atom is -0.416 e. The first kappa shape index (κ1) is 12.8. The average molecular weight is 289 g/mol. The highest BCUT2D eigenvalue weighted by atomic mass is 16.4. The summed E-state index contributed by atoms with van der Waals surface area (Å²) in [7, 11) is 2.02. The molecule has 4 rings (SSSR count). The third kappa shape index (κ3) is 2.00. The van der Waals surface area contributed by atoms with Crippen molar-refractivity contribution in [2.75, 3.05) is 0 Å². The first-order valence-electron chi connectivity index (χ1n) is 7.17. The number of aromatic nitrogens is 3. The molecule has 4 nitrogen and oxygen atoms in total. The van der Waals surface area contributed by atoms with Gasteiger partial charge < -0.3 is 8.98 Å². The van der Waals surface area contributed by atoms with E-state index in [4.69, 9.17) is 4.42 Å². The van der Waals surface area contributed by atoms with E-state index >= 15 is 0 Å². The monoisotopic (exact) mass is 289 g/mol. The highest BCUT2D eigenvalue weighted by Gasteiger charge is 2.15. The second-order valence-corrected chi connectivity index (χ2v) is 5.45. The Bertz CT molecular complexity index is 948. The van der Waals surface area contributed by atoms with Gasteiger partial charge in [0.15, 0.2) is 0 Å². The molecular weight excluding hydrogens is 274 g/mol. The number of rotatable bonds is 2. The van der Waals surface area contributed by atoms with Gasteiger partial charge in [0.25, 0.3) is 0 Å². The van der Waals surface area contributed by atoms with Gasteiger partial charge in [0.05, 0.1) is 5.56 Å². The summed E-state index contributed by atoms with van der Waals surface area (Å²) in [5.41, 5.74) is 4.25. The smallest absolute Gasteiger partial charge is 0.250 e. The van der Waals surface area contributed by atoms with Gasteiger partial charge in [-0.3, -0.25) is 0 Å². The second kappa shape index (κ2) is 4.84. The van der Waals surface area contributed by atoms with E-state index < -0.39 is 0 Å². The summed E-state index contributed by atoms with van der Waals surface area (Å²) in [6, 6.07) is 16.3. The number of para-hydroxylation sites is 1. The van der Waals surface area contributed by atoms with E-state index in [1.807, 2.05) is 49.6 Å². The van der Waals surface area contributed by atoms with Gasteiger partial charge in [0, 0.05) is 29.7 Å². The van der Waals surface area contributed by atoms with Crippen LogP contribution < -0.4 is 0 Å². The molecule has 0 aliphatic rings. The Balaban J connectivity index is 1.82. The van der Waals surface area contributed by atoms with Crippen LogP contribution in [-0.4, -0.2) is 14.8 Å². The Labute approximate surface area is 128 Å². The van der Waals surface area contributed by atoms with Gasteiger partial charge in [-0.2, -0.15) is 0 Å². The van der Waals surface area contributed by atoms with Crippen LogP contribution in [0.4, 0.5) is 0 Å². The maximum atomic E-state index is 5.88. The molecular formula is C18H15N3O. The normalized spacial score (nSPS) is 11.2. The van der Waals surface area contributed by atoms with E-state index in [1.165, 1.54) is 5.56 Å². The number of hydrogen-bond donors (Lipinski definition) is 0. The molecule has 2 aromatic carbocycles. The molecule has 0 saturated carbocycles. The maximum Gasteiger partial charge on any atom is 0.250 e. The summed E-state index contributed by atoms with van der Waals surface area (Å²) < 4.78 is 7.95. The largest absolute Gasteiger partial charge is 0.416 e. The summed E-state index contributed by atoms with van der Waals surface area (Å²) >= 11 is 0. The van der Waals surface area contributed by atoms with Crippen LogP contribution in [0.25, 0.3) is 33.8 Å². The molecule has 0 spiro atoms. The van der Waals surface area contributed by atoms with Crippen molar-refractivity contribution in [3.8, 4) is 22.9 Å². The standard InChI is InChI=1S/C18H15N3O/c1-12-7-9-13(10-8-12)17-19-20-18(22-17)15-11-21(2)16-6-4-3-5-14(15)16/h3-11H,1-2H3. The third-order valence-corrected chi connectivity index (χ3v) is 3.85. The SMILES string of the molecule is Cc1ccc(-c2nnc(-c3cn(C)c4ccccc34)o2)cc1. The number of aryl methyl sites for hydroxylation is 2. The zero-order valence-corrected chi connectivity index (χ0v) is 12.4. The number of benzene rings is 2. The lowest BCUT2D eigenvalue weighted by atomic mass is 10.1. The minimum absolute atomic E-state index is 0.544. The zero-order valence-electron chi connectivity index (χ0n) is 12.4. The lowest BCUT2D eigenvalue weighted by Gasteiger charge is -1.95. The highest BCUT2D eigenvalue weighted by Crippen LogP contribution is 2.31. The van der Waals surface area contributed by atoms with Gasteiger partial charge in [0.1, 0.15) is 0 Å². The van der Waals surface area contributed by atoms with Crippen molar-refractivity contribution in [1.82, 2.24) is 14.8 Å². The quantitative estimate of drug-likeness (QED) is 0.555. The van der Waals surface area contributed by atoms with Crippen LogP contribution in [0.5, 0.6) is 0 Å². The summed E-state index contributed by atoms with van der Waals surface area (Å²) in [4.78, 5) is 0. The third-order valence-electron chi connectivity index (χ3n) is 3.85. The molecule has 0 atom stereocenters. The number of nitrogens with zero attached hydrogens (tertiary/aromatic N) is 3. The van der Waals surface area contributed by atoms with Crippen LogP contribution in [0.15, 0.2) is 59.1 Å². The molecule has 0 aliphatic heterocycles. The average Bonchev–Trinajstić information content (AvgIpc) is 3.14. The molecule has 0 unspecified atom stereocenters. The molecule has 0 bridgehead atoms. The van der Waals surface area contributed by atoms with Crippen LogP contribution in [0.2, 0.25) is 0 Å². The van der Waals surface area contributed by atoms with Crippen molar-refractivity contribution in [3.63, 3.8) is 0 Å². The fourth-order valence-electron chi connectivity index (χ4n) is 2.66. The molecule has 2 aromatic heterocycles. The molecule has 4 heteroatoms. The predicted octanol–water partition coefficient (Wildman–Crippen LogP) is 4.20. The Morgan fingerprint density at radius 3 is 2.45 bits per heavy atom. The summed E-state index contributed by atoms with van der Waals surface area (Å²) in [5, 5.41) is 9.52. The predicted molar refractivity (Wildman–Crippen MR) is 86.4 cm³/mol. The minimum atomic E-state index is 0.544. The van der Waals surface area contributed by atoms with Gasteiger partial charge >= 0.3 is 0 Å². The van der Waals surface area contributed by atoms with E-state index in [2.05, 4.69) is 33.8 Å². The van der Waals surface area contributed by atoms with Crippen LogP contribution >= 0.6 is 0 Å². The van der Waals surface area contributed by atoms with Crippen LogP contribution in [0.3, 0.4) is 0 Å². The van der Waals surface area contributed by atoms with Crippen molar-refractivity contribution in [1.29, 1.82) is 0 Å². The van der Waals surface area contributed by atoms with E-state index in [0.29, 0.717) is 11.8 Å². The van der Waals surface area contributed by atoms with Crippen molar-refractivity contribution >= 4 is 10.9 Å². The molecule has 2 heterocycles. The zero-order chi connectivity index (χ0) is 15.1. The molecule has 0 amide bonds. The molecule has 0 radical (unpaired) electrons. The summed E-state index contributed by atoms with van der Waals surface area (Å²) in [5.74, 6) is 1.09. The van der Waals surface area contributed by atoms with Crippen LogP contribution in [0, 0.1) is 6.92 Å². The number of hydrogen-bond acceptors (Lipinski definition) is 3. The first-order valence-corrected chi connectivity index (χ1v) is 7.17.